The van der Waals surface area contributed by atoms with E-state index in [2.05, 4.69) is 10.9 Å². The molecule has 1 rings (SSSR count). The average molecular weight is 214 g/mol. The molecule has 0 saturated heterocycles. The van der Waals surface area contributed by atoms with Crippen molar-refractivity contribution in [3.8, 4) is 0 Å². The van der Waals surface area contributed by atoms with Crippen molar-refractivity contribution in [1.82, 2.24) is 10.9 Å². The van der Waals surface area contributed by atoms with Gasteiger partial charge in [0.2, 0.25) is 0 Å². The van der Waals surface area contributed by atoms with Gasteiger partial charge in [-0.05, 0) is 12.1 Å². The summed E-state index contributed by atoms with van der Waals surface area (Å²) in [5.74, 6) is -3.06. The maximum Gasteiger partial charge on any atom is 0.266 e. The van der Waals surface area contributed by atoms with Gasteiger partial charge in [0, 0.05) is 12.6 Å². The van der Waals surface area contributed by atoms with Gasteiger partial charge in [0.25, 0.3) is 5.91 Å². The summed E-state index contributed by atoms with van der Waals surface area (Å²) >= 11 is 0. The molecule has 0 bridgehead atoms. The Bertz CT molecular complexity index is 407. The number of carbonyl (C=O) groups is 2. The zero-order valence-electron chi connectivity index (χ0n) is 7.80. The monoisotopic (exact) mass is 214 g/mol. The van der Waals surface area contributed by atoms with E-state index in [4.69, 9.17) is 0 Å². The Morgan fingerprint density at radius 2 is 1.93 bits per heavy atom. The minimum absolute atomic E-state index is 0.207. The number of nitrogens with one attached hydrogen (secondary N) is 2. The molecule has 1 aromatic carbocycles. The smallest absolute Gasteiger partial charge is 0.266 e. The lowest BCUT2D eigenvalue weighted by molar-refractivity contribution is 0.0932. The zero-order chi connectivity index (χ0) is 11.4. The Morgan fingerprint density at radius 1 is 1.33 bits per heavy atom. The number of benzene rings is 1. The number of amides is 1. The topological polar surface area (TPSA) is 58.2 Å². The first kappa shape index (κ1) is 11.3. The molecule has 0 heterocycles. The van der Waals surface area contributed by atoms with E-state index in [9.17, 15) is 18.4 Å². The molecule has 0 fully saturated rings. The van der Waals surface area contributed by atoms with Crippen molar-refractivity contribution in [1.29, 1.82) is 0 Å². The van der Waals surface area contributed by atoms with Gasteiger partial charge in [-0.1, -0.05) is 0 Å². The maximum atomic E-state index is 12.8. The molecule has 0 atom stereocenters. The molecule has 0 spiro atoms. The molecule has 0 saturated carbocycles. The van der Waals surface area contributed by atoms with Crippen LogP contribution in [-0.4, -0.2) is 19.2 Å². The fraction of sp³-hybridized carbons (Fsp3) is 0.111. The van der Waals surface area contributed by atoms with Crippen LogP contribution in [0.2, 0.25) is 0 Å². The minimum atomic E-state index is -1.18. The molecule has 0 unspecified atom stereocenters. The van der Waals surface area contributed by atoms with Gasteiger partial charge in [-0.25, -0.2) is 14.2 Å². The molecule has 4 nitrogen and oxygen atoms in total. The van der Waals surface area contributed by atoms with Crippen LogP contribution in [0.3, 0.4) is 0 Å². The minimum Gasteiger partial charge on any atom is -0.298 e. The largest absolute Gasteiger partial charge is 0.298 e. The van der Waals surface area contributed by atoms with Gasteiger partial charge in [0.15, 0.2) is 17.9 Å². The summed E-state index contributed by atoms with van der Waals surface area (Å²) in [6.07, 6.45) is 0.285. The molecule has 0 aliphatic rings. The van der Waals surface area contributed by atoms with Crippen molar-refractivity contribution in [2.45, 2.75) is 0 Å². The fourth-order valence-corrected chi connectivity index (χ4v) is 1.04. The second-order valence-electron chi connectivity index (χ2n) is 2.68. The number of aldehydes is 1. The lowest BCUT2D eigenvalue weighted by Crippen LogP contribution is -2.34. The summed E-state index contributed by atoms with van der Waals surface area (Å²) in [5.41, 5.74) is 4.04. The predicted molar refractivity (Wildman–Crippen MR) is 48.3 cm³/mol. The molecule has 0 aliphatic carbocycles. The van der Waals surface area contributed by atoms with Crippen LogP contribution < -0.4 is 10.9 Å². The Kier molecular flexibility index (Phi) is 3.46. The van der Waals surface area contributed by atoms with Crippen molar-refractivity contribution < 1.29 is 18.4 Å². The van der Waals surface area contributed by atoms with E-state index >= 15 is 0 Å². The lowest BCUT2D eigenvalue weighted by Gasteiger charge is -2.05. The van der Waals surface area contributed by atoms with Gasteiger partial charge in [-0.2, -0.15) is 0 Å². The summed E-state index contributed by atoms with van der Waals surface area (Å²) in [6, 6.07) is 1.35. The van der Waals surface area contributed by atoms with Gasteiger partial charge in [0.05, 0.1) is 5.56 Å². The van der Waals surface area contributed by atoms with Gasteiger partial charge in [0.1, 0.15) is 0 Å². The molecule has 1 aromatic rings. The molecular formula is C9H8F2N2O2. The number of rotatable bonds is 3. The van der Waals surface area contributed by atoms with E-state index < -0.39 is 17.5 Å². The fourth-order valence-electron chi connectivity index (χ4n) is 1.04. The van der Waals surface area contributed by atoms with Crippen molar-refractivity contribution in [2.24, 2.45) is 0 Å². The molecule has 2 N–H and O–H groups in total. The normalized spacial score (nSPS) is 9.80. The van der Waals surface area contributed by atoms with E-state index in [0.29, 0.717) is 12.1 Å². The van der Waals surface area contributed by atoms with Gasteiger partial charge >= 0.3 is 0 Å². The molecule has 80 valence electrons. The number of hydrogen-bond acceptors (Lipinski definition) is 3. The summed E-state index contributed by atoms with van der Waals surface area (Å²) in [5, 5.41) is 0. The van der Waals surface area contributed by atoms with Crippen LogP contribution in [0, 0.1) is 11.6 Å². The van der Waals surface area contributed by atoms with Crippen LogP contribution in [0.4, 0.5) is 8.78 Å². The maximum absolute atomic E-state index is 12.8. The summed E-state index contributed by atoms with van der Waals surface area (Å²) in [6.45, 7) is 0. The van der Waals surface area contributed by atoms with E-state index in [1.54, 1.807) is 0 Å². The molecule has 6 heteroatoms. The Hall–Kier alpha value is -1.82. The summed E-state index contributed by atoms with van der Waals surface area (Å²) in [7, 11) is 1.43. The molecule has 0 aliphatic heterocycles. The number of hydrazine groups is 1. The number of hydrogen-bond donors (Lipinski definition) is 2. The van der Waals surface area contributed by atoms with Crippen LogP contribution in [0.1, 0.15) is 20.7 Å². The predicted octanol–water partition coefficient (Wildman–Crippen LogP) is 0.642. The standard InChI is InChI=1S/C9H8F2N2O2/c1-12-13-9(15)6-3-8(11)7(10)2-5(6)4-14/h2-4,12H,1H3,(H,13,15). The third-order valence-corrected chi connectivity index (χ3v) is 1.70. The van der Waals surface area contributed by atoms with Gasteiger partial charge in [-0.3, -0.25) is 15.0 Å². The van der Waals surface area contributed by atoms with Crippen molar-refractivity contribution in [2.75, 3.05) is 7.05 Å². The SMILES string of the molecule is CNNC(=O)c1cc(F)c(F)cc1C=O. The number of carbonyl (C=O) groups excluding carboxylic acids is 2. The Labute approximate surface area is 84.3 Å². The third kappa shape index (κ3) is 2.35. The molecule has 15 heavy (non-hydrogen) atoms. The zero-order valence-corrected chi connectivity index (χ0v) is 7.80. The first-order valence-corrected chi connectivity index (χ1v) is 4.01. The van der Waals surface area contributed by atoms with Crippen LogP contribution in [-0.2, 0) is 0 Å². The highest BCUT2D eigenvalue weighted by atomic mass is 19.2. The second kappa shape index (κ2) is 4.61. The summed E-state index contributed by atoms with van der Waals surface area (Å²) in [4.78, 5) is 21.8. The Balaban J connectivity index is 3.21. The molecule has 1 amide bonds. The molecule has 0 radical (unpaired) electrons. The first-order chi connectivity index (χ1) is 7.10. The Morgan fingerprint density at radius 3 is 2.47 bits per heavy atom. The van der Waals surface area contributed by atoms with E-state index in [-0.39, 0.29) is 17.4 Å². The highest BCUT2D eigenvalue weighted by molar-refractivity contribution is 6.01. The van der Waals surface area contributed by atoms with Crippen LogP contribution >= 0.6 is 0 Å². The van der Waals surface area contributed by atoms with E-state index in [0.717, 1.165) is 0 Å². The summed E-state index contributed by atoms with van der Waals surface area (Å²) < 4.78 is 25.5. The molecule has 0 aromatic heterocycles. The van der Waals surface area contributed by atoms with Crippen molar-refractivity contribution in [3.63, 3.8) is 0 Å². The van der Waals surface area contributed by atoms with E-state index in [1.165, 1.54) is 7.05 Å². The van der Waals surface area contributed by atoms with Crippen LogP contribution in [0.15, 0.2) is 12.1 Å². The van der Waals surface area contributed by atoms with Crippen LogP contribution in [0.25, 0.3) is 0 Å². The first-order valence-electron chi connectivity index (χ1n) is 4.01. The van der Waals surface area contributed by atoms with E-state index in [1.807, 2.05) is 0 Å². The highest BCUT2D eigenvalue weighted by Crippen LogP contribution is 2.13. The average Bonchev–Trinajstić information content (AvgIpc) is 2.21. The lowest BCUT2D eigenvalue weighted by atomic mass is 10.1. The number of halogens is 2. The van der Waals surface area contributed by atoms with Gasteiger partial charge < -0.3 is 0 Å². The van der Waals surface area contributed by atoms with Crippen LogP contribution in [0.5, 0.6) is 0 Å². The third-order valence-electron chi connectivity index (χ3n) is 1.70. The quantitative estimate of drug-likeness (QED) is 0.573. The van der Waals surface area contributed by atoms with Gasteiger partial charge in [-0.15, -0.1) is 0 Å². The van der Waals surface area contributed by atoms with Crippen molar-refractivity contribution in [3.05, 3.63) is 34.9 Å². The highest BCUT2D eigenvalue weighted by Gasteiger charge is 2.14. The molecular weight excluding hydrogens is 206 g/mol. The van der Waals surface area contributed by atoms with Crippen molar-refractivity contribution >= 4 is 12.2 Å². The second-order valence-corrected chi connectivity index (χ2v) is 2.68.